The first-order valence-corrected chi connectivity index (χ1v) is 11.3. The van der Waals surface area contributed by atoms with Crippen molar-refractivity contribution >= 4 is 5.65 Å². The third-order valence-corrected chi connectivity index (χ3v) is 6.31. The number of pyridine rings is 2. The van der Waals surface area contributed by atoms with Crippen LogP contribution >= 0.6 is 0 Å². The first kappa shape index (κ1) is 22.3. The number of halogens is 1. The zero-order chi connectivity index (χ0) is 24.5. The molecule has 35 heavy (non-hydrogen) atoms. The van der Waals surface area contributed by atoms with Gasteiger partial charge in [0.1, 0.15) is 40.7 Å². The first-order chi connectivity index (χ1) is 17.0. The van der Waals surface area contributed by atoms with Crippen LogP contribution in [0.3, 0.4) is 0 Å². The lowest BCUT2D eigenvalue weighted by Crippen LogP contribution is -2.31. The van der Waals surface area contributed by atoms with Gasteiger partial charge < -0.3 is 9.64 Å². The van der Waals surface area contributed by atoms with Gasteiger partial charge in [-0.2, -0.15) is 10.5 Å². The highest BCUT2D eigenvalue weighted by molar-refractivity contribution is 5.68. The minimum Gasteiger partial charge on any atom is -0.469 e. The Bertz CT molecular complexity index is 1470. The molecule has 1 aliphatic heterocycles. The summed E-state index contributed by atoms with van der Waals surface area (Å²) in [4.78, 5) is 10.2. The molecule has 5 rings (SSSR count). The highest BCUT2D eigenvalue weighted by Crippen LogP contribution is 2.32. The van der Waals surface area contributed by atoms with Crippen molar-refractivity contribution in [1.82, 2.24) is 34.3 Å². The van der Waals surface area contributed by atoms with Gasteiger partial charge in [0.15, 0.2) is 6.19 Å². The quantitative estimate of drug-likeness (QED) is 0.405. The SMILES string of the molecule is Cc1c(-c2cc(O[C@H](C)c3ncccc3F)n3c(C#N)cnc3c2)nnn1C1CCN(C#N)CC1. The van der Waals surface area contributed by atoms with Crippen LogP contribution in [-0.4, -0.2) is 47.4 Å². The molecule has 0 unspecified atom stereocenters. The van der Waals surface area contributed by atoms with E-state index in [1.54, 1.807) is 22.3 Å². The average Bonchev–Trinajstić information content (AvgIpc) is 3.47. The zero-order valence-corrected chi connectivity index (χ0v) is 19.3. The van der Waals surface area contributed by atoms with Crippen molar-refractivity contribution in [3.05, 3.63) is 59.6 Å². The van der Waals surface area contributed by atoms with Gasteiger partial charge in [-0.05, 0) is 44.9 Å². The van der Waals surface area contributed by atoms with Crippen molar-refractivity contribution < 1.29 is 9.13 Å². The number of piperidine rings is 1. The molecule has 10 nitrogen and oxygen atoms in total. The standard InChI is InChI=1S/C24H22FN9O/c1-15-23(30-31-34(15)18-5-8-32(14-27)9-6-18)17-10-21-29-13-19(12-26)33(21)22(11-17)35-16(2)24-20(25)4-3-7-28-24/h3-4,7,10-11,13,16,18H,5-6,8-9H2,1-2H3/t16-/m1/s1. The number of nitrogens with zero attached hydrogens (tertiary/aromatic N) is 9. The molecule has 0 saturated carbocycles. The van der Waals surface area contributed by atoms with E-state index in [-0.39, 0.29) is 11.7 Å². The van der Waals surface area contributed by atoms with Crippen molar-refractivity contribution in [2.75, 3.05) is 13.1 Å². The van der Waals surface area contributed by atoms with Crippen LogP contribution < -0.4 is 4.74 Å². The number of hydrogen-bond acceptors (Lipinski definition) is 8. The maximum atomic E-state index is 14.3. The molecule has 1 fully saturated rings. The molecule has 0 bridgehead atoms. The first-order valence-electron chi connectivity index (χ1n) is 11.3. The summed E-state index contributed by atoms with van der Waals surface area (Å²) in [5.74, 6) is -0.153. The van der Waals surface area contributed by atoms with Crippen LogP contribution in [0.2, 0.25) is 0 Å². The van der Waals surface area contributed by atoms with E-state index in [1.807, 2.05) is 17.7 Å². The predicted molar refractivity (Wildman–Crippen MR) is 122 cm³/mol. The van der Waals surface area contributed by atoms with Gasteiger partial charge in [-0.1, -0.05) is 5.21 Å². The van der Waals surface area contributed by atoms with Crippen LogP contribution in [0, 0.1) is 35.5 Å². The van der Waals surface area contributed by atoms with Crippen LogP contribution in [0.5, 0.6) is 5.88 Å². The van der Waals surface area contributed by atoms with Gasteiger partial charge in [-0.15, -0.1) is 5.10 Å². The predicted octanol–water partition coefficient (Wildman–Crippen LogP) is 3.56. The lowest BCUT2D eigenvalue weighted by atomic mass is 10.0. The number of aromatic nitrogens is 6. The third kappa shape index (κ3) is 4.02. The molecule has 1 saturated heterocycles. The zero-order valence-electron chi connectivity index (χ0n) is 19.3. The van der Waals surface area contributed by atoms with Crippen LogP contribution in [0.4, 0.5) is 4.39 Å². The Morgan fingerprint density at radius 2 is 2.00 bits per heavy atom. The topological polar surface area (TPSA) is 121 Å². The van der Waals surface area contributed by atoms with Crippen LogP contribution in [0.15, 0.2) is 36.7 Å². The number of rotatable bonds is 5. The monoisotopic (exact) mass is 471 g/mol. The van der Waals surface area contributed by atoms with E-state index >= 15 is 0 Å². The van der Waals surface area contributed by atoms with Gasteiger partial charge >= 0.3 is 0 Å². The summed E-state index contributed by atoms with van der Waals surface area (Å²) >= 11 is 0. The molecule has 11 heteroatoms. The maximum Gasteiger partial charge on any atom is 0.201 e. The Hall–Kier alpha value is -4.51. The van der Waals surface area contributed by atoms with Gasteiger partial charge in [-0.3, -0.25) is 9.38 Å². The number of imidazole rings is 1. The largest absolute Gasteiger partial charge is 0.469 e. The van der Waals surface area contributed by atoms with Gasteiger partial charge in [0.05, 0.1) is 17.9 Å². The van der Waals surface area contributed by atoms with E-state index in [2.05, 4.69) is 32.5 Å². The van der Waals surface area contributed by atoms with Crippen LogP contribution in [0.25, 0.3) is 16.9 Å². The lowest BCUT2D eigenvalue weighted by molar-refractivity contribution is 0.204. The fraction of sp³-hybridized carbons (Fsp3) is 0.333. The van der Waals surface area contributed by atoms with Crippen molar-refractivity contribution in [2.24, 2.45) is 0 Å². The summed E-state index contributed by atoms with van der Waals surface area (Å²) in [6, 6.07) is 8.69. The second kappa shape index (κ2) is 9.03. The normalized spacial score (nSPS) is 15.1. The minimum atomic E-state index is -0.717. The van der Waals surface area contributed by atoms with Crippen molar-refractivity contribution in [3.63, 3.8) is 0 Å². The van der Waals surface area contributed by atoms with Crippen LogP contribution in [-0.2, 0) is 0 Å². The molecule has 0 aliphatic carbocycles. The molecule has 176 valence electrons. The Kier molecular flexibility index (Phi) is 5.75. The minimum absolute atomic E-state index is 0.157. The van der Waals surface area contributed by atoms with E-state index in [1.165, 1.54) is 24.5 Å². The fourth-order valence-corrected chi connectivity index (χ4v) is 4.48. The van der Waals surface area contributed by atoms with E-state index in [4.69, 9.17) is 10.00 Å². The number of hydrogen-bond donors (Lipinski definition) is 0. The Labute approximate surface area is 200 Å². The summed E-state index contributed by atoms with van der Waals surface area (Å²) in [7, 11) is 0. The Morgan fingerprint density at radius 1 is 1.20 bits per heavy atom. The van der Waals surface area contributed by atoms with Gasteiger partial charge in [-0.25, -0.2) is 14.1 Å². The number of fused-ring (bicyclic) bond motifs is 1. The van der Waals surface area contributed by atoms with Gasteiger partial charge in [0.2, 0.25) is 5.88 Å². The average molecular weight is 472 g/mol. The van der Waals surface area contributed by atoms with E-state index in [0.29, 0.717) is 36.0 Å². The lowest BCUT2D eigenvalue weighted by Gasteiger charge is -2.28. The molecular weight excluding hydrogens is 449 g/mol. The smallest absolute Gasteiger partial charge is 0.201 e. The molecule has 4 aromatic rings. The Morgan fingerprint density at radius 3 is 2.71 bits per heavy atom. The highest BCUT2D eigenvalue weighted by atomic mass is 19.1. The molecule has 0 aromatic carbocycles. The fourth-order valence-electron chi connectivity index (χ4n) is 4.48. The van der Waals surface area contributed by atoms with Crippen LogP contribution in [0.1, 0.15) is 49.0 Å². The van der Waals surface area contributed by atoms with Crippen molar-refractivity contribution in [2.45, 2.75) is 38.8 Å². The molecule has 1 aliphatic rings. The van der Waals surface area contributed by atoms with Crippen molar-refractivity contribution in [1.29, 1.82) is 10.5 Å². The number of likely N-dealkylation sites (tertiary alicyclic amines) is 1. The number of ether oxygens (including phenoxy) is 1. The Balaban J connectivity index is 1.53. The molecule has 0 radical (unpaired) electrons. The molecule has 0 spiro atoms. The maximum absolute atomic E-state index is 14.3. The van der Waals surface area contributed by atoms with Gasteiger partial charge in [0.25, 0.3) is 0 Å². The van der Waals surface area contributed by atoms with Crippen molar-refractivity contribution in [3.8, 4) is 29.4 Å². The molecular formula is C24H22FN9O. The van der Waals surface area contributed by atoms with E-state index < -0.39 is 11.9 Å². The summed E-state index contributed by atoms with van der Waals surface area (Å²) in [5, 5.41) is 27.5. The third-order valence-electron chi connectivity index (χ3n) is 6.31. The summed E-state index contributed by atoms with van der Waals surface area (Å²) < 4.78 is 23.9. The van der Waals surface area contributed by atoms with E-state index in [0.717, 1.165) is 24.1 Å². The molecule has 4 aromatic heterocycles. The summed E-state index contributed by atoms with van der Waals surface area (Å²) in [6.45, 7) is 5.02. The molecule has 0 N–H and O–H groups in total. The summed E-state index contributed by atoms with van der Waals surface area (Å²) in [5.41, 5.74) is 3.22. The number of nitriles is 2. The van der Waals surface area contributed by atoms with Gasteiger partial charge in [0, 0.05) is 30.9 Å². The molecule has 0 amide bonds. The second-order valence-corrected chi connectivity index (χ2v) is 8.45. The van der Waals surface area contributed by atoms with E-state index in [9.17, 15) is 9.65 Å². The molecule has 5 heterocycles. The highest BCUT2D eigenvalue weighted by Gasteiger charge is 2.25. The summed E-state index contributed by atoms with van der Waals surface area (Å²) in [6.07, 6.45) is 6.07. The molecule has 1 atom stereocenters. The second-order valence-electron chi connectivity index (χ2n) is 8.45.